The molecule has 0 N–H and O–H groups in total. The Morgan fingerprint density at radius 2 is 0.763 bits per heavy atom. The summed E-state index contributed by atoms with van der Waals surface area (Å²) in [6, 6.07) is 11.3. The molecule has 38 heavy (non-hydrogen) atoms. The Labute approximate surface area is 265 Å². The first-order chi connectivity index (χ1) is 18.2. The predicted molar refractivity (Wildman–Crippen MR) is 162 cm³/mol. The van der Waals surface area contributed by atoms with Crippen LogP contribution in [0.1, 0.15) is 152 Å². The van der Waals surface area contributed by atoms with E-state index < -0.39 is 0 Å². The molecule has 2 aromatic rings. The first-order valence-electron chi connectivity index (χ1n) is 15.7. The predicted octanol–water partition coefficient (Wildman–Crippen LogP) is 9.19. The standard InChI is InChI=1S/C35H56O2.Ca/c1-3-5-7-9-11-13-15-17-19-23-30-25-21-27-34(36)32(30)29-33-31(26-22-28-35(33)37)24-20-18-16-14-12-10-8-6-4-2;/h21-22,25-28,36-37H,3-20,23-24,29H2,1-2H3;/q;+2/p-2. The van der Waals surface area contributed by atoms with Gasteiger partial charge in [-0.2, -0.15) is 0 Å². The van der Waals surface area contributed by atoms with E-state index in [1.807, 2.05) is 12.1 Å². The van der Waals surface area contributed by atoms with E-state index in [9.17, 15) is 10.2 Å². The van der Waals surface area contributed by atoms with Crippen molar-refractivity contribution in [1.29, 1.82) is 0 Å². The zero-order valence-electron chi connectivity index (χ0n) is 24.8. The Morgan fingerprint density at radius 1 is 0.447 bits per heavy atom. The molecule has 0 atom stereocenters. The van der Waals surface area contributed by atoms with Crippen LogP contribution in [-0.4, -0.2) is 37.7 Å². The third-order valence-corrected chi connectivity index (χ3v) is 7.91. The molecule has 0 aliphatic heterocycles. The van der Waals surface area contributed by atoms with E-state index in [1.165, 1.54) is 103 Å². The maximum atomic E-state index is 12.9. The number of benzene rings is 2. The van der Waals surface area contributed by atoms with Crippen LogP contribution in [0.3, 0.4) is 0 Å². The maximum Gasteiger partial charge on any atom is 2.00 e. The van der Waals surface area contributed by atoms with Crippen LogP contribution in [0.2, 0.25) is 0 Å². The molecule has 0 bridgehead atoms. The second-order valence-electron chi connectivity index (χ2n) is 11.1. The number of hydrogen-bond donors (Lipinski definition) is 0. The second kappa shape index (κ2) is 23.0. The van der Waals surface area contributed by atoms with Gasteiger partial charge in [0.1, 0.15) is 0 Å². The van der Waals surface area contributed by atoms with Gasteiger partial charge < -0.3 is 10.2 Å². The zero-order chi connectivity index (χ0) is 26.6. The smallest absolute Gasteiger partial charge is 0.872 e. The first kappa shape index (κ1) is 35.3. The molecule has 2 aromatic carbocycles. The summed E-state index contributed by atoms with van der Waals surface area (Å²) in [5.74, 6) is 0.177. The molecule has 0 spiro atoms. The third-order valence-electron chi connectivity index (χ3n) is 7.91. The summed E-state index contributed by atoms with van der Waals surface area (Å²) in [6.07, 6.45) is 25.8. The van der Waals surface area contributed by atoms with Crippen molar-refractivity contribution in [2.75, 3.05) is 0 Å². The topological polar surface area (TPSA) is 46.1 Å². The zero-order valence-corrected chi connectivity index (χ0v) is 27.0. The largest absolute Gasteiger partial charge is 2.00 e. The molecule has 0 unspecified atom stereocenters. The molecule has 0 heterocycles. The quantitative estimate of drug-likeness (QED) is 0.109. The van der Waals surface area contributed by atoms with Crippen LogP contribution in [0, 0.1) is 0 Å². The van der Waals surface area contributed by atoms with E-state index in [-0.39, 0.29) is 49.2 Å². The molecule has 208 valence electrons. The van der Waals surface area contributed by atoms with E-state index in [0.29, 0.717) is 6.42 Å². The van der Waals surface area contributed by atoms with Gasteiger partial charge >= 0.3 is 37.7 Å². The number of hydrogen-bond acceptors (Lipinski definition) is 2. The Morgan fingerprint density at radius 3 is 1.11 bits per heavy atom. The molecular formula is C35H54CaO2. The minimum atomic E-state index is 0. The van der Waals surface area contributed by atoms with Crippen LogP contribution in [0.5, 0.6) is 11.5 Å². The van der Waals surface area contributed by atoms with E-state index in [1.54, 1.807) is 12.1 Å². The summed E-state index contributed by atoms with van der Waals surface area (Å²) in [4.78, 5) is 0. The summed E-state index contributed by atoms with van der Waals surface area (Å²) in [5.41, 5.74) is 3.98. The van der Waals surface area contributed by atoms with Gasteiger partial charge in [0.05, 0.1) is 0 Å². The molecule has 0 aromatic heterocycles. The minimum Gasteiger partial charge on any atom is -0.872 e. The Balaban J connectivity index is 0.00000722. The van der Waals surface area contributed by atoms with Gasteiger partial charge in [0.2, 0.25) is 0 Å². The van der Waals surface area contributed by atoms with Crippen LogP contribution in [0.25, 0.3) is 0 Å². The van der Waals surface area contributed by atoms with E-state index in [4.69, 9.17) is 0 Å². The maximum absolute atomic E-state index is 12.9. The summed E-state index contributed by atoms with van der Waals surface area (Å²) in [7, 11) is 0. The van der Waals surface area contributed by atoms with Crippen LogP contribution >= 0.6 is 0 Å². The monoisotopic (exact) mass is 546 g/mol. The van der Waals surface area contributed by atoms with Crippen molar-refractivity contribution in [3.63, 3.8) is 0 Å². The van der Waals surface area contributed by atoms with Crippen molar-refractivity contribution < 1.29 is 10.2 Å². The molecule has 0 fully saturated rings. The molecule has 0 saturated heterocycles. The van der Waals surface area contributed by atoms with Gasteiger partial charge in [-0.15, -0.1) is 11.5 Å². The van der Waals surface area contributed by atoms with Gasteiger partial charge in [0.25, 0.3) is 0 Å². The van der Waals surface area contributed by atoms with E-state index >= 15 is 0 Å². The average Bonchev–Trinajstić information content (AvgIpc) is 2.89. The molecule has 0 aliphatic rings. The van der Waals surface area contributed by atoms with E-state index in [2.05, 4.69) is 26.0 Å². The van der Waals surface area contributed by atoms with Crippen molar-refractivity contribution >= 4 is 37.7 Å². The Kier molecular flexibility index (Phi) is 21.4. The molecule has 2 nitrogen and oxygen atoms in total. The molecule has 0 aliphatic carbocycles. The van der Waals surface area contributed by atoms with Crippen LogP contribution in [0.4, 0.5) is 0 Å². The molecule has 0 amide bonds. The molecule has 2 rings (SSSR count). The fraction of sp³-hybridized carbons (Fsp3) is 0.657. The van der Waals surface area contributed by atoms with Crippen molar-refractivity contribution in [2.45, 2.75) is 149 Å². The van der Waals surface area contributed by atoms with Gasteiger partial charge in [-0.05, 0) is 54.4 Å². The fourth-order valence-corrected chi connectivity index (χ4v) is 5.52. The average molecular weight is 547 g/mol. The minimum absolute atomic E-state index is 0. The van der Waals surface area contributed by atoms with Crippen molar-refractivity contribution in [2.24, 2.45) is 0 Å². The number of aryl methyl sites for hydroxylation is 2. The molecule has 0 saturated carbocycles. The number of rotatable bonds is 22. The summed E-state index contributed by atoms with van der Waals surface area (Å²) in [6.45, 7) is 4.53. The Hall–Kier alpha value is -0.700. The van der Waals surface area contributed by atoms with Gasteiger partial charge in [0, 0.05) is 0 Å². The van der Waals surface area contributed by atoms with E-state index in [0.717, 1.165) is 47.9 Å². The fourth-order valence-electron chi connectivity index (χ4n) is 5.52. The first-order valence-corrected chi connectivity index (χ1v) is 15.7. The van der Waals surface area contributed by atoms with Crippen LogP contribution < -0.4 is 10.2 Å². The molecule has 3 heteroatoms. The summed E-state index contributed by atoms with van der Waals surface area (Å²) in [5, 5.41) is 25.7. The van der Waals surface area contributed by atoms with Crippen molar-refractivity contribution in [1.82, 2.24) is 0 Å². The van der Waals surface area contributed by atoms with Gasteiger partial charge in [0.15, 0.2) is 0 Å². The summed E-state index contributed by atoms with van der Waals surface area (Å²) < 4.78 is 0. The third kappa shape index (κ3) is 14.6. The van der Waals surface area contributed by atoms with Gasteiger partial charge in [-0.3, -0.25) is 0 Å². The number of unbranched alkanes of at least 4 members (excludes halogenated alkanes) is 16. The second-order valence-corrected chi connectivity index (χ2v) is 11.1. The Bertz CT molecular complexity index is 778. The van der Waals surface area contributed by atoms with Gasteiger partial charge in [-0.25, -0.2) is 0 Å². The molecular weight excluding hydrogens is 492 g/mol. The summed E-state index contributed by atoms with van der Waals surface area (Å²) >= 11 is 0. The van der Waals surface area contributed by atoms with Crippen molar-refractivity contribution in [3.8, 4) is 11.5 Å². The normalized spacial score (nSPS) is 11.0. The van der Waals surface area contributed by atoms with Crippen LogP contribution in [-0.2, 0) is 19.3 Å². The molecule has 0 radical (unpaired) electrons. The van der Waals surface area contributed by atoms with Gasteiger partial charge in [-0.1, -0.05) is 153 Å². The van der Waals surface area contributed by atoms with Crippen molar-refractivity contribution in [3.05, 3.63) is 58.7 Å². The SMILES string of the molecule is CCCCCCCCCCCc1cccc([O-])c1Cc1c([O-])cccc1CCCCCCCCCCC.[Ca+2]. The van der Waals surface area contributed by atoms with Crippen LogP contribution in [0.15, 0.2) is 36.4 Å².